The molecule has 0 aromatic heterocycles. The molecule has 3 nitrogen and oxygen atoms in total. The summed E-state index contributed by atoms with van der Waals surface area (Å²) in [6.07, 6.45) is 3.81. The van der Waals surface area contributed by atoms with Crippen molar-refractivity contribution in [3.05, 3.63) is 28.8 Å². The Hall–Kier alpha value is -0.770. The molecule has 4 heteroatoms. The maximum Gasteiger partial charge on any atom is 0.0716 e. The van der Waals surface area contributed by atoms with Crippen LogP contribution < -0.4 is 4.90 Å². The van der Waals surface area contributed by atoms with Crippen LogP contribution in [0.2, 0.25) is 5.02 Å². The minimum absolute atomic E-state index is 0.00937. The van der Waals surface area contributed by atoms with Crippen LogP contribution in [0, 0.1) is 0 Å². The number of anilines is 1. The quantitative estimate of drug-likeness (QED) is 0.902. The molecule has 2 saturated heterocycles. The maximum atomic E-state index is 9.56. The summed E-state index contributed by atoms with van der Waals surface area (Å²) in [5.41, 5.74) is 1.97. The largest absolute Gasteiger partial charge is 0.392 e. The van der Waals surface area contributed by atoms with Gasteiger partial charge in [-0.15, -0.1) is 0 Å². The highest BCUT2D eigenvalue weighted by molar-refractivity contribution is 6.31. The van der Waals surface area contributed by atoms with Crippen molar-refractivity contribution < 1.29 is 5.11 Å². The van der Waals surface area contributed by atoms with Crippen LogP contribution in [-0.4, -0.2) is 42.2 Å². The third-order valence-corrected chi connectivity index (χ3v) is 5.10. The van der Waals surface area contributed by atoms with Crippen LogP contribution in [0.15, 0.2) is 18.2 Å². The van der Waals surface area contributed by atoms with Crippen molar-refractivity contribution in [2.75, 3.05) is 25.0 Å². The minimum Gasteiger partial charge on any atom is -0.392 e. The molecule has 0 spiro atoms. The molecule has 0 radical (unpaired) electrons. The number of aliphatic hydroxyl groups excluding tert-OH is 1. The van der Waals surface area contributed by atoms with E-state index in [0.717, 1.165) is 30.4 Å². The van der Waals surface area contributed by atoms with E-state index in [-0.39, 0.29) is 6.61 Å². The highest BCUT2D eigenvalue weighted by Gasteiger charge is 2.35. The molecule has 2 unspecified atom stereocenters. The predicted octanol–water partition coefficient (Wildman–Crippen LogP) is 2.51. The van der Waals surface area contributed by atoms with Gasteiger partial charge in [0.25, 0.3) is 0 Å². The summed E-state index contributed by atoms with van der Waals surface area (Å²) < 4.78 is 0. The molecule has 2 fully saturated rings. The summed E-state index contributed by atoms with van der Waals surface area (Å²) in [6, 6.07) is 7.28. The van der Waals surface area contributed by atoms with Gasteiger partial charge in [-0.05, 0) is 38.4 Å². The molecule has 1 N–H and O–H groups in total. The first kappa shape index (κ1) is 13.2. The zero-order valence-electron chi connectivity index (χ0n) is 11.3. The molecule has 1 aromatic rings. The molecule has 1 aromatic carbocycles. The van der Waals surface area contributed by atoms with Gasteiger partial charge in [-0.2, -0.15) is 0 Å². The van der Waals surface area contributed by atoms with Gasteiger partial charge in [0, 0.05) is 41.4 Å². The fourth-order valence-corrected chi connectivity index (χ4v) is 3.76. The van der Waals surface area contributed by atoms with Crippen molar-refractivity contribution in [2.45, 2.75) is 38.0 Å². The molecule has 0 saturated carbocycles. The van der Waals surface area contributed by atoms with Crippen LogP contribution in [0.25, 0.3) is 0 Å². The molecule has 2 aliphatic heterocycles. The summed E-state index contributed by atoms with van der Waals surface area (Å²) in [5.74, 6) is 0. The lowest BCUT2D eigenvalue weighted by molar-refractivity contribution is 0.254. The summed E-state index contributed by atoms with van der Waals surface area (Å²) in [5, 5.41) is 10.2. The summed E-state index contributed by atoms with van der Waals surface area (Å²) in [4.78, 5) is 4.93. The number of likely N-dealkylation sites (N-methyl/N-ethyl adjacent to an activating group) is 1. The monoisotopic (exact) mass is 280 g/mol. The van der Waals surface area contributed by atoms with Gasteiger partial charge < -0.3 is 10.0 Å². The van der Waals surface area contributed by atoms with Gasteiger partial charge in [0.1, 0.15) is 0 Å². The lowest BCUT2D eigenvalue weighted by Crippen LogP contribution is -2.37. The topological polar surface area (TPSA) is 26.7 Å². The zero-order valence-corrected chi connectivity index (χ0v) is 12.1. The Balaban J connectivity index is 1.89. The van der Waals surface area contributed by atoms with Gasteiger partial charge in [-0.25, -0.2) is 0 Å². The van der Waals surface area contributed by atoms with E-state index in [0.29, 0.717) is 11.1 Å². The average Bonchev–Trinajstić information content (AvgIpc) is 2.63. The van der Waals surface area contributed by atoms with E-state index in [1.54, 1.807) is 0 Å². The number of aliphatic hydroxyl groups is 1. The van der Waals surface area contributed by atoms with Crippen molar-refractivity contribution in [3.8, 4) is 0 Å². The molecule has 2 aliphatic rings. The molecule has 2 bridgehead atoms. The lowest BCUT2D eigenvalue weighted by Gasteiger charge is -2.29. The summed E-state index contributed by atoms with van der Waals surface area (Å²) >= 11 is 6.20. The fourth-order valence-electron chi connectivity index (χ4n) is 3.53. The van der Waals surface area contributed by atoms with E-state index < -0.39 is 0 Å². The van der Waals surface area contributed by atoms with Crippen LogP contribution in [0.1, 0.15) is 24.8 Å². The van der Waals surface area contributed by atoms with Crippen molar-refractivity contribution in [1.29, 1.82) is 0 Å². The smallest absolute Gasteiger partial charge is 0.0716 e. The first-order valence-corrected chi connectivity index (χ1v) is 7.43. The Labute approximate surface area is 119 Å². The second-order valence-electron chi connectivity index (χ2n) is 5.68. The number of rotatable bonds is 2. The highest BCUT2D eigenvalue weighted by Crippen LogP contribution is 2.33. The number of halogens is 1. The lowest BCUT2D eigenvalue weighted by atomic mass is 10.1. The van der Waals surface area contributed by atoms with Gasteiger partial charge in [-0.3, -0.25) is 4.90 Å². The van der Waals surface area contributed by atoms with Gasteiger partial charge in [0.05, 0.1) is 6.61 Å². The molecule has 19 heavy (non-hydrogen) atoms. The molecule has 0 amide bonds. The van der Waals surface area contributed by atoms with Gasteiger partial charge >= 0.3 is 0 Å². The van der Waals surface area contributed by atoms with Gasteiger partial charge in [0.15, 0.2) is 0 Å². The molecule has 3 rings (SSSR count). The molecule has 0 aliphatic carbocycles. The minimum atomic E-state index is 0.00937. The number of nitrogens with zero attached hydrogens (tertiary/aromatic N) is 2. The molecular formula is C15H21ClN2O. The van der Waals surface area contributed by atoms with E-state index in [2.05, 4.69) is 22.9 Å². The summed E-state index contributed by atoms with van der Waals surface area (Å²) in [7, 11) is 2.25. The zero-order chi connectivity index (χ0) is 13.4. The SMILES string of the molecule is CN1C2CCC1CN(c1cccc(Cl)c1CO)CC2. The van der Waals surface area contributed by atoms with E-state index in [4.69, 9.17) is 11.6 Å². The van der Waals surface area contributed by atoms with Crippen LogP contribution in [-0.2, 0) is 6.61 Å². The van der Waals surface area contributed by atoms with Crippen molar-refractivity contribution in [3.63, 3.8) is 0 Å². The number of fused-ring (bicyclic) bond motifs is 2. The van der Waals surface area contributed by atoms with E-state index in [9.17, 15) is 5.11 Å². The van der Waals surface area contributed by atoms with Crippen LogP contribution in [0.3, 0.4) is 0 Å². The molecule has 2 heterocycles. The van der Waals surface area contributed by atoms with Crippen LogP contribution in [0.5, 0.6) is 0 Å². The Morgan fingerprint density at radius 2 is 2.05 bits per heavy atom. The second-order valence-corrected chi connectivity index (χ2v) is 6.09. The Morgan fingerprint density at radius 3 is 2.84 bits per heavy atom. The van der Waals surface area contributed by atoms with Crippen molar-refractivity contribution in [2.24, 2.45) is 0 Å². The van der Waals surface area contributed by atoms with E-state index >= 15 is 0 Å². The number of benzene rings is 1. The number of hydrogen-bond acceptors (Lipinski definition) is 3. The number of hydrogen-bond donors (Lipinski definition) is 1. The van der Waals surface area contributed by atoms with E-state index in [1.165, 1.54) is 19.3 Å². The van der Waals surface area contributed by atoms with E-state index in [1.807, 2.05) is 12.1 Å². The molecule has 104 valence electrons. The maximum absolute atomic E-state index is 9.56. The highest BCUT2D eigenvalue weighted by atomic mass is 35.5. The van der Waals surface area contributed by atoms with Gasteiger partial charge in [-0.1, -0.05) is 17.7 Å². The van der Waals surface area contributed by atoms with Crippen molar-refractivity contribution in [1.82, 2.24) is 4.90 Å². The van der Waals surface area contributed by atoms with Crippen LogP contribution in [0.4, 0.5) is 5.69 Å². The molecule has 2 atom stereocenters. The van der Waals surface area contributed by atoms with Gasteiger partial charge in [0.2, 0.25) is 0 Å². The molecular weight excluding hydrogens is 260 g/mol. The first-order chi connectivity index (χ1) is 9.20. The van der Waals surface area contributed by atoms with Crippen molar-refractivity contribution >= 4 is 17.3 Å². The Bertz CT molecular complexity index is 465. The van der Waals surface area contributed by atoms with Crippen LogP contribution >= 0.6 is 11.6 Å². The fraction of sp³-hybridized carbons (Fsp3) is 0.600. The first-order valence-electron chi connectivity index (χ1n) is 7.06. The predicted molar refractivity (Wildman–Crippen MR) is 78.8 cm³/mol. The average molecular weight is 281 g/mol. The normalized spacial score (nSPS) is 27.6. The standard InChI is InChI=1S/C15H21ClN2O/c1-17-11-5-6-12(17)9-18(8-7-11)15-4-2-3-14(16)13(15)10-19/h2-4,11-12,19H,5-10H2,1H3. The Morgan fingerprint density at radius 1 is 1.26 bits per heavy atom. The third kappa shape index (κ3) is 2.35. The second kappa shape index (κ2) is 5.31. The Kier molecular flexibility index (Phi) is 3.70. The summed E-state index contributed by atoms with van der Waals surface area (Å²) in [6.45, 7) is 2.11. The third-order valence-electron chi connectivity index (χ3n) is 4.74.